The van der Waals surface area contributed by atoms with Crippen molar-refractivity contribution in [2.24, 2.45) is 13.0 Å². The van der Waals surface area contributed by atoms with Crippen molar-refractivity contribution in [1.29, 1.82) is 0 Å². The van der Waals surface area contributed by atoms with E-state index < -0.39 is 13.2 Å². The SMILES string of the molecule is [2H]C([2H])([2H])c1c[n+](C)c(-c2c(C)ccc3c2Cc2cnccc2-3)cc1C([2H])([2H])C(C)C. The van der Waals surface area contributed by atoms with Crippen LogP contribution in [0, 0.1) is 19.7 Å². The van der Waals surface area contributed by atoms with Crippen molar-refractivity contribution in [2.75, 3.05) is 0 Å². The Labute approximate surface area is 163 Å². The summed E-state index contributed by atoms with van der Waals surface area (Å²) in [7, 11) is 1.84. The summed E-state index contributed by atoms with van der Waals surface area (Å²) < 4.78 is 43.2. The molecule has 0 saturated heterocycles. The normalized spacial score (nSPS) is 16.3. The quantitative estimate of drug-likeness (QED) is 0.478. The molecule has 0 fully saturated rings. The number of nitrogens with zero attached hydrogens (tertiary/aromatic N) is 2. The van der Waals surface area contributed by atoms with Crippen LogP contribution in [0.25, 0.3) is 22.4 Å². The molecule has 0 aliphatic heterocycles. The number of pyridine rings is 2. The molecule has 0 radical (unpaired) electrons. The standard InChI is InChI=1S/C24H27N2/c1-15(2)10-18-12-23(26(5)14-17(18)4)24-16(3)6-7-21-20-8-9-25-13-19(20)11-22(21)24/h6-9,12-15H,10-11H2,1-5H3/q+1/i4D3,10D2. The Hall–Kier alpha value is -2.48. The van der Waals surface area contributed by atoms with Crippen LogP contribution in [-0.2, 0) is 19.8 Å². The van der Waals surface area contributed by atoms with Crippen molar-refractivity contribution < 1.29 is 11.4 Å². The van der Waals surface area contributed by atoms with Crippen LogP contribution in [0.15, 0.2) is 42.9 Å². The van der Waals surface area contributed by atoms with E-state index in [1.807, 2.05) is 30.8 Å². The molecule has 0 spiro atoms. The average molecular weight is 349 g/mol. The van der Waals surface area contributed by atoms with E-state index in [-0.39, 0.29) is 17.0 Å². The van der Waals surface area contributed by atoms with Crippen molar-refractivity contribution in [3.63, 3.8) is 0 Å². The maximum atomic E-state index is 8.68. The fraction of sp³-hybridized carbons (Fsp3) is 0.333. The van der Waals surface area contributed by atoms with Crippen LogP contribution in [0.2, 0.25) is 0 Å². The monoisotopic (exact) mass is 348 g/mol. The zero-order chi connectivity index (χ0) is 22.7. The summed E-state index contributed by atoms with van der Waals surface area (Å²) in [4.78, 5) is 4.27. The average Bonchev–Trinajstić information content (AvgIpc) is 3.05. The molecule has 0 atom stereocenters. The van der Waals surface area contributed by atoms with Crippen molar-refractivity contribution in [2.45, 2.75) is 40.4 Å². The highest BCUT2D eigenvalue weighted by molar-refractivity contribution is 5.84. The van der Waals surface area contributed by atoms with E-state index in [1.165, 1.54) is 16.7 Å². The third-order valence-electron chi connectivity index (χ3n) is 5.06. The van der Waals surface area contributed by atoms with Crippen LogP contribution in [0.5, 0.6) is 0 Å². The predicted octanol–water partition coefficient (Wildman–Crippen LogP) is 4.96. The Kier molecular flexibility index (Phi) is 2.93. The Morgan fingerprint density at radius 1 is 1.23 bits per heavy atom. The molecule has 1 aromatic carbocycles. The van der Waals surface area contributed by atoms with Crippen molar-refractivity contribution in [3.8, 4) is 22.4 Å². The van der Waals surface area contributed by atoms with Gasteiger partial charge in [0.05, 0.1) is 5.56 Å². The van der Waals surface area contributed by atoms with E-state index in [9.17, 15) is 0 Å². The Morgan fingerprint density at radius 2 is 2.08 bits per heavy atom. The van der Waals surface area contributed by atoms with Crippen molar-refractivity contribution >= 4 is 0 Å². The highest BCUT2D eigenvalue weighted by Crippen LogP contribution is 2.42. The van der Waals surface area contributed by atoms with Crippen LogP contribution in [0.4, 0.5) is 0 Å². The third-order valence-corrected chi connectivity index (χ3v) is 5.06. The van der Waals surface area contributed by atoms with Gasteiger partial charge in [-0.3, -0.25) is 4.98 Å². The van der Waals surface area contributed by atoms with Gasteiger partial charge in [-0.25, -0.2) is 4.57 Å². The number of aryl methyl sites for hydroxylation is 3. The molecule has 0 bridgehead atoms. The summed E-state index contributed by atoms with van der Waals surface area (Å²) in [5.74, 6) is -0.368. The molecular formula is C24H27N2+. The van der Waals surface area contributed by atoms with Crippen LogP contribution >= 0.6 is 0 Å². The van der Waals surface area contributed by atoms with Gasteiger partial charge in [0.15, 0.2) is 6.20 Å². The van der Waals surface area contributed by atoms with E-state index in [0.717, 1.165) is 28.8 Å². The predicted molar refractivity (Wildman–Crippen MR) is 107 cm³/mol. The van der Waals surface area contributed by atoms with E-state index in [2.05, 4.69) is 17.1 Å². The van der Waals surface area contributed by atoms with Gasteiger partial charge in [0, 0.05) is 37.3 Å². The molecule has 132 valence electrons. The smallest absolute Gasteiger partial charge is 0.213 e. The summed E-state index contributed by atoms with van der Waals surface area (Å²) in [6.45, 7) is 3.21. The van der Waals surface area contributed by atoms with E-state index >= 15 is 0 Å². The zero-order valence-corrected chi connectivity index (χ0v) is 15.7. The molecule has 26 heavy (non-hydrogen) atoms. The van der Waals surface area contributed by atoms with E-state index in [0.29, 0.717) is 0 Å². The van der Waals surface area contributed by atoms with Gasteiger partial charge < -0.3 is 0 Å². The number of rotatable bonds is 3. The molecule has 1 aliphatic rings. The number of hydrogen-bond acceptors (Lipinski definition) is 1. The second-order valence-corrected chi connectivity index (χ2v) is 7.39. The lowest BCUT2D eigenvalue weighted by molar-refractivity contribution is -0.660. The first-order valence-corrected chi connectivity index (χ1v) is 9.03. The molecule has 0 unspecified atom stereocenters. The van der Waals surface area contributed by atoms with Crippen molar-refractivity contribution in [1.82, 2.24) is 4.98 Å². The van der Waals surface area contributed by atoms with Crippen LogP contribution in [-0.4, -0.2) is 4.98 Å². The lowest BCUT2D eigenvalue weighted by Gasteiger charge is -2.14. The highest BCUT2D eigenvalue weighted by Gasteiger charge is 2.27. The molecule has 0 amide bonds. The van der Waals surface area contributed by atoms with Gasteiger partial charge in [0.2, 0.25) is 5.69 Å². The van der Waals surface area contributed by atoms with Crippen LogP contribution in [0.1, 0.15) is 48.5 Å². The maximum Gasteiger partial charge on any atom is 0.213 e. The maximum absolute atomic E-state index is 8.68. The molecule has 2 nitrogen and oxygen atoms in total. The van der Waals surface area contributed by atoms with Crippen LogP contribution < -0.4 is 4.57 Å². The van der Waals surface area contributed by atoms with Crippen molar-refractivity contribution in [3.05, 3.63) is 70.7 Å². The van der Waals surface area contributed by atoms with Gasteiger partial charge in [0.25, 0.3) is 0 Å². The molecule has 0 saturated carbocycles. The van der Waals surface area contributed by atoms with Gasteiger partial charge in [-0.15, -0.1) is 0 Å². The number of fused-ring (bicyclic) bond motifs is 3. The summed E-state index contributed by atoms with van der Waals surface area (Å²) in [5, 5.41) is 0. The summed E-state index contributed by atoms with van der Waals surface area (Å²) in [6, 6.07) is 8.00. The summed E-state index contributed by atoms with van der Waals surface area (Å²) in [5.41, 5.74) is 7.92. The largest absolute Gasteiger partial charge is 0.264 e. The van der Waals surface area contributed by atoms with Gasteiger partial charge >= 0.3 is 0 Å². The van der Waals surface area contributed by atoms with E-state index in [4.69, 9.17) is 6.85 Å². The van der Waals surface area contributed by atoms with E-state index in [1.54, 1.807) is 32.3 Å². The van der Waals surface area contributed by atoms with Gasteiger partial charge in [-0.1, -0.05) is 26.0 Å². The topological polar surface area (TPSA) is 16.8 Å². The minimum atomic E-state index is -2.40. The highest BCUT2D eigenvalue weighted by atomic mass is 14.9. The minimum absolute atomic E-state index is 0.0650. The Bertz CT molecular complexity index is 1180. The second kappa shape index (κ2) is 6.35. The fourth-order valence-electron chi connectivity index (χ4n) is 3.91. The lowest BCUT2D eigenvalue weighted by Crippen LogP contribution is -2.32. The molecule has 0 N–H and O–H groups in total. The Balaban J connectivity index is 2.01. The fourth-order valence-corrected chi connectivity index (χ4v) is 3.91. The first-order chi connectivity index (χ1) is 14.4. The van der Waals surface area contributed by atoms with Gasteiger partial charge in [-0.2, -0.15) is 0 Å². The molecular weight excluding hydrogens is 316 g/mol. The molecule has 2 heterocycles. The first-order valence-electron chi connectivity index (χ1n) is 11.5. The molecule has 4 rings (SSSR count). The molecule has 2 heteroatoms. The molecule has 1 aliphatic carbocycles. The second-order valence-electron chi connectivity index (χ2n) is 7.39. The van der Waals surface area contributed by atoms with Crippen LogP contribution in [0.3, 0.4) is 0 Å². The minimum Gasteiger partial charge on any atom is -0.264 e. The number of benzene rings is 1. The molecule has 3 aromatic rings. The summed E-state index contributed by atoms with van der Waals surface area (Å²) >= 11 is 0. The molecule has 2 aromatic heterocycles. The zero-order valence-electron chi connectivity index (χ0n) is 20.7. The number of aromatic nitrogens is 2. The van der Waals surface area contributed by atoms with Gasteiger partial charge in [-0.05, 0) is 65.5 Å². The Morgan fingerprint density at radius 3 is 2.85 bits per heavy atom. The first kappa shape index (κ1) is 12.0. The third kappa shape index (κ3) is 2.74. The lowest BCUT2D eigenvalue weighted by atomic mass is 9.91. The number of hydrogen-bond donors (Lipinski definition) is 0. The summed E-state index contributed by atoms with van der Waals surface area (Å²) in [6.07, 6.45) is 4.26. The van der Waals surface area contributed by atoms with Gasteiger partial charge in [0.1, 0.15) is 7.05 Å².